The molecule has 3 aromatic rings. The van der Waals surface area contributed by atoms with E-state index in [9.17, 15) is 22.4 Å². The number of rotatable bonds is 4. The Morgan fingerprint density at radius 2 is 1.97 bits per heavy atom. The lowest BCUT2D eigenvalue weighted by molar-refractivity contribution is -0.138. The van der Waals surface area contributed by atoms with E-state index in [0.29, 0.717) is 11.6 Å². The number of aromatic nitrogens is 2. The lowest BCUT2D eigenvalue weighted by atomic mass is 9.98. The molecular weight excluding hydrogens is 424 g/mol. The zero-order chi connectivity index (χ0) is 21.3. The minimum Gasteiger partial charge on any atom is -0.429 e. The van der Waals surface area contributed by atoms with Gasteiger partial charge in [0.15, 0.2) is 0 Å². The van der Waals surface area contributed by atoms with Gasteiger partial charge in [-0.05, 0) is 65.8 Å². The predicted molar refractivity (Wildman–Crippen MR) is 101 cm³/mol. The number of alkyl halides is 3. The molecule has 0 fully saturated rings. The van der Waals surface area contributed by atoms with Crippen LogP contribution in [-0.2, 0) is 19.1 Å². The molecule has 0 saturated heterocycles. The number of nitrogens with zero attached hydrogens (tertiary/aromatic N) is 2. The van der Waals surface area contributed by atoms with Crippen LogP contribution in [0.3, 0.4) is 0 Å². The molecule has 4 rings (SSSR count). The molecule has 156 valence electrons. The van der Waals surface area contributed by atoms with Crippen molar-refractivity contribution in [2.75, 3.05) is 11.9 Å². The van der Waals surface area contributed by atoms with Gasteiger partial charge in [-0.1, -0.05) is 11.2 Å². The van der Waals surface area contributed by atoms with Gasteiger partial charge in [0.05, 0.1) is 0 Å². The van der Waals surface area contributed by atoms with Gasteiger partial charge in [0.2, 0.25) is 5.13 Å². The van der Waals surface area contributed by atoms with Crippen LogP contribution >= 0.6 is 11.3 Å². The lowest BCUT2D eigenvalue weighted by Crippen LogP contribution is -2.24. The first kappa shape index (κ1) is 20.2. The van der Waals surface area contributed by atoms with Crippen molar-refractivity contribution in [2.45, 2.75) is 19.1 Å². The predicted octanol–water partition coefficient (Wildman–Crippen LogP) is 4.39. The van der Waals surface area contributed by atoms with Gasteiger partial charge in [0, 0.05) is 12.1 Å². The third-order valence-corrected chi connectivity index (χ3v) is 5.14. The van der Waals surface area contributed by atoms with Crippen LogP contribution < -0.4 is 15.4 Å². The van der Waals surface area contributed by atoms with Gasteiger partial charge in [0.25, 0.3) is 5.91 Å². The largest absolute Gasteiger partial charge is 0.429 e. The summed E-state index contributed by atoms with van der Waals surface area (Å²) in [6, 6.07) is 7.41. The first-order chi connectivity index (χ1) is 14.3. The molecule has 1 aromatic heterocycles. The van der Waals surface area contributed by atoms with E-state index in [-0.39, 0.29) is 10.3 Å². The van der Waals surface area contributed by atoms with Crippen molar-refractivity contribution in [3.05, 3.63) is 64.5 Å². The standard InChI is InChI=1S/C19H14F4N4O2S/c20-13-3-4-15(14(8-13)19(21,22)23)29-18-27-26-17(30-18)25-16(28)11-1-2-12-9-24-6-5-10(12)7-11/h1-4,7-8,24H,5-6,9H2,(H,25,26,28). The summed E-state index contributed by atoms with van der Waals surface area (Å²) in [5, 5.41) is 13.0. The highest BCUT2D eigenvalue weighted by atomic mass is 32.1. The minimum absolute atomic E-state index is 0.0602. The van der Waals surface area contributed by atoms with E-state index in [1.807, 2.05) is 6.07 Å². The second kappa shape index (κ2) is 8.00. The van der Waals surface area contributed by atoms with Crippen LogP contribution in [-0.4, -0.2) is 22.6 Å². The number of halogens is 4. The number of ether oxygens (including phenoxy) is 1. The molecule has 6 nitrogen and oxygen atoms in total. The molecule has 2 heterocycles. The van der Waals surface area contributed by atoms with Crippen LogP contribution in [0.25, 0.3) is 0 Å². The van der Waals surface area contributed by atoms with Crippen molar-refractivity contribution in [3.63, 3.8) is 0 Å². The SMILES string of the molecule is O=C(Nc1nnc(Oc2ccc(F)cc2C(F)(F)F)s1)c1ccc2c(c1)CCNC2. The lowest BCUT2D eigenvalue weighted by Gasteiger charge is -2.17. The summed E-state index contributed by atoms with van der Waals surface area (Å²) in [6.07, 6.45) is -3.99. The van der Waals surface area contributed by atoms with Gasteiger partial charge < -0.3 is 10.1 Å². The Morgan fingerprint density at radius 3 is 2.77 bits per heavy atom. The number of carbonyl (C=O) groups excluding carboxylic acids is 1. The Balaban J connectivity index is 1.48. The molecule has 30 heavy (non-hydrogen) atoms. The molecule has 1 amide bonds. The summed E-state index contributed by atoms with van der Waals surface area (Å²) in [6.45, 7) is 1.58. The second-order valence-electron chi connectivity index (χ2n) is 6.48. The number of carbonyl (C=O) groups is 1. The highest BCUT2D eigenvalue weighted by molar-refractivity contribution is 7.17. The first-order valence-corrected chi connectivity index (χ1v) is 9.63. The quantitative estimate of drug-likeness (QED) is 0.591. The Hall–Kier alpha value is -3.05. The van der Waals surface area contributed by atoms with Crippen molar-refractivity contribution in [1.82, 2.24) is 15.5 Å². The molecule has 0 aliphatic carbocycles. The monoisotopic (exact) mass is 438 g/mol. The molecular formula is C19H14F4N4O2S. The van der Waals surface area contributed by atoms with Crippen molar-refractivity contribution in [3.8, 4) is 10.9 Å². The average Bonchev–Trinajstić information content (AvgIpc) is 3.15. The van der Waals surface area contributed by atoms with E-state index in [4.69, 9.17) is 4.74 Å². The topological polar surface area (TPSA) is 76.1 Å². The van der Waals surface area contributed by atoms with Crippen molar-refractivity contribution >= 4 is 22.4 Å². The van der Waals surface area contributed by atoms with E-state index in [1.54, 1.807) is 12.1 Å². The number of hydrogen-bond donors (Lipinski definition) is 2. The average molecular weight is 438 g/mol. The number of benzene rings is 2. The molecule has 0 unspecified atom stereocenters. The molecule has 1 aliphatic rings. The summed E-state index contributed by atoms with van der Waals surface area (Å²) < 4.78 is 57.6. The fourth-order valence-electron chi connectivity index (χ4n) is 3.00. The molecule has 2 N–H and O–H groups in total. The third-order valence-electron chi connectivity index (χ3n) is 4.43. The van der Waals surface area contributed by atoms with Gasteiger partial charge in [-0.2, -0.15) is 13.2 Å². The Labute approximate surface area is 171 Å². The van der Waals surface area contributed by atoms with Crippen molar-refractivity contribution in [1.29, 1.82) is 0 Å². The van der Waals surface area contributed by atoms with Crippen LogP contribution in [0.2, 0.25) is 0 Å². The molecule has 2 aromatic carbocycles. The maximum atomic E-state index is 13.2. The highest BCUT2D eigenvalue weighted by Crippen LogP contribution is 2.39. The van der Waals surface area contributed by atoms with Gasteiger partial charge in [0.1, 0.15) is 17.1 Å². The van der Waals surface area contributed by atoms with Crippen LogP contribution in [0.5, 0.6) is 10.9 Å². The van der Waals surface area contributed by atoms with Crippen molar-refractivity contribution < 1.29 is 27.1 Å². The van der Waals surface area contributed by atoms with E-state index in [1.165, 1.54) is 0 Å². The normalized spacial score (nSPS) is 13.6. The molecule has 1 aliphatic heterocycles. The number of hydrogen-bond acceptors (Lipinski definition) is 6. The van der Waals surface area contributed by atoms with Gasteiger partial charge in [-0.25, -0.2) is 4.39 Å². The molecule has 11 heteroatoms. The summed E-state index contributed by atoms with van der Waals surface area (Å²) in [5.41, 5.74) is 1.38. The fraction of sp³-hybridized carbons (Fsp3) is 0.211. The molecule has 0 saturated carbocycles. The van der Waals surface area contributed by atoms with Gasteiger partial charge in [-0.3, -0.25) is 10.1 Å². The summed E-state index contributed by atoms with van der Waals surface area (Å²) in [7, 11) is 0. The Kier molecular flexibility index (Phi) is 5.39. The number of anilines is 1. The second-order valence-corrected chi connectivity index (χ2v) is 7.42. The molecule has 0 bridgehead atoms. The Bertz CT molecular complexity index is 1100. The van der Waals surface area contributed by atoms with Crippen LogP contribution in [0.4, 0.5) is 22.7 Å². The fourth-order valence-corrected chi connectivity index (χ4v) is 3.60. The maximum Gasteiger partial charge on any atom is 0.420 e. The number of amides is 1. The smallest absolute Gasteiger partial charge is 0.420 e. The summed E-state index contributed by atoms with van der Waals surface area (Å²) in [5.74, 6) is -2.07. The van der Waals surface area contributed by atoms with Crippen LogP contribution in [0.1, 0.15) is 27.0 Å². The number of fused-ring (bicyclic) bond motifs is 1. The summed E-state index contributed by atoms with van der Waals surface area (Å²) >= 11 is 0.756. The number of nitrogens with one attached hydrogen (secondary N) is 2. The minimum atomic E-state index is -4.80. The van der Waals surface area contributed by atoms with Crippen LogP contribution in [0, 0.1) is 5.82 Å². The molecule has 0 radical (unpaired) electrons. The van der Waals surface area contributed by atoms with E-state index in [2.05, 4.69) is 20.8 Å². The zero-order valence-corrected chi connectivity index (χ0v) is 16.0. The Morgan fingerprint density at radius 1 is 1.13 bits per heavy atom. The van der Waals surface area contributed by atoms with Crippen molar-refractivity contribution in [2.24, 2.45) is 0 Å². The highest BCUT2D eigenvalue weighted by Gasteiger charge is 2.35. The molecule has 0 spiro atoms. The van der Waals surface area contributed by atoms with Crippen LogP contribution in [0.15, 0.2) is 36.4 Å². The maximum absolute atomic E-state index is 13.2. The van der Waals surface area contributed by atoms with E-state index < -0.39 is 29.2 Å². The summed E-state index contributed by atoms with van der Waals surface area (Å²) in [4.78, 5) is 12.5. The first-order valence-electron chi connectivity index (χ1n) is 8.81. The van der Waals surface area contributed by atoms with E-state index in [0.717, 1.165) is 54.1 Å². The van der Waals surface area contributed by atoms with Gasteiger partial charge in [-0.15, -0.1) is 5.10 Å². The van der Waals surface area contributed by atoms with Gasteiger partial charge >= 0.3 is 11.4 Å². The van der Waals surface area contributed by atoms with E-state index >= 15 is 0 Å². The molecule has 0 atom stereocenters. The third kappa shape index (κ3) is 4.41. The zero-order valence-electron chi connectivity index (χ0n) is 15.2.